The number of amides is 1. The lowest BCUT2D eigenvalue weighted by Crippen LogP contribution is -2.22. The predicted molar refractivity (Wildman–Crippen MR) is 75.9 cm³/mol. The highest BCUT2D eigenvalue weighted by molar-refractivity contribution is 6.32. The van der Waals surface area contributed by atoms with E-state index in [0.29, 0.717) is 10.8 Å². The molecule has 1 aromatic rings. The standard InChI is InChI=1S/C14H21ClN2O/c1-4-6-7-11(5-2)14(18)17-12-8-10(3)9-16-13(12)15/h8-9,11H,4-7H2,1-3H3,(H,17,18). The van der Waals surface area contributed by atoms with Crippen LogP contribution >= 0.6 is 11.6 Å². The molecule has 4 heteroatoms. The zero-order valence-corrected chi connectivity index (χ0v) is 12.0. The fourth-order valence-corrected chi connectivity index (χ4v) is 2.00. The van der Waals surface area contributed by atoms with E-state index >= 15 is 0 Å². The second kappa shape index (κ2) is 7.37. The number of hydrogen-bond acceptors (Lipinski definition) is 2. The molecule has 1 amide bonds. The van der Waals surface area contributed by atoms with Gasteiger partial charge in [0.1, 0.15) is 0 Å². The number of aryl methyl sites for hydroxylation is 1. The number of hydrogen-bond donors (Lipinski definition) is 1. The van der Waals surface area contributed by atoms with Gasteiger partial charge in [-0.3, -0.25) is 4.79 Å². The average Bonchev–Trinajstić information content (AvgIpc) is 2.35. The summed E-state index contributed by atoms with van der Waals surface area (Å²) >= 11 is 5.97. The fraction of sp³-hybridized carbons (Fsp3) is 0.571. The zero-order valence-electron chi connectivity index (χ0n) is 11.3. The molecule has 0 bridgehead atoms. The Hall–Kier alpha value is -1.09. The van der Waals surface area contributed by atoms with Gasteiger partial charge in [-0.15, -0.1) is 0 Å². The Kier molecular flexibility index (Phi) is 6.13. The van der Waals surface area contributed by atoms with E-state index in [2.05, 4.69) is 17.2 Å². The number of carbonyl (C=O) groups is 1. The number of anilines is 1. The maximum atomic E-state index is 12.1. The topological polar surface area (TPSA) is 42.0 Å². The van der Waals surface area contributed by atoms with Crippen molar-refractivity contribution >= 4 is 23.2 Å². The van der Waals surface area contributed by atoms with Gasteiger partial charge in [0.05, 0.1) is 5.69 Å². The Morgan fingerprint density at radius 3 is 2.83 bits per heavy atom. The second-order valence-electron chi connectivity index (χ2n) is 4.59. The van der Waals surface area contributed by atoms with Gasteiger partial charge in [-0.25, -0.2) is 4.98 Å². The van der Waals surface area contributed by atoms with E-state index in [4.69, 9.17) is 11.6 Å². The maximum absolute atomic E-state index is 12.1. The Bertz CT molecular complexity index is 407. The largest absolute Gasteiger partial charge is 0.323 e. The van der Waals surface area contributed by atoms with Crippen LogP contribution in [0.25, 0.3) is 0 Å². The lowest BCUT2D eigenvalue weighted by molar-refractivity contribution is -0.120. The number of nitrogens with one attached hydrogen (secondary N) is 1. The van der Waals surface area contributed by atoms with Crippen molar-refractivity contribution in [3.05, 3.63) is 23.0 Å². The molecule has 1 atom stereocenters. The summed E-state index contributed by atoms with van der Waals surface area (Å²) in [4.78, 5) is 16.1. The molecule has 100 valence electrons. The van der Waals surface area contributed by atoms with Crippen molar-refractivity contribution < 1.29 is 4.79 Å². The van der Waals surface area contributed by atoms with Gasteiger partial charge in [0.2, 0.25) is 5.91 Å². The van der Waals surface area contributed by atoms with Crippen molar-refractivity contribution in [2.24, 2.45) is 5.92 Å². The van der Waals surface area contributed by atoms with E-state index in [1.807, 2.05) is 19.9 Å². The summed E-state index contributed by atoms with van der Waals surface area (Å²) in [7, 11) is 0. The molecule has 1 heterocycles. The summed E-state index contributed by atoms with van der Waals surface area (Å²) < 4.78 is 0. The zero-order chi connectivity index (χ0) is 13.5. The number of unbranched alkanes of at least 4 members (excludes halogenated alkanes) is 1. The molecule has 0 spiro atoms. The van der Waals surface area contributed by atoms with Gasteiger partial charge >= 0.3 is 0 Å². The molecule has 1 N–H and O–H groups in total. The van der Waals surface area contributed by atoms with Crippen LogP contribution in [0.3, 0.4) is 0 Å². The average molecular weight is 269 g/mol. The summed E-state index contributed by atoms with van der Waals surface area (Å²) in [6.45, 7) is 6.09. The normalized spacial score (nSPS) is 12.2. The molecule has 0 saturated heterocycles. The van der Waals surface area contributed by atoms with Crippen LogP contribution in [0.1, 0.15) is 45.1 Å². The number of rotatable bonds is 6. The maximum Gasteiger partial charge on any atom is 0.227 e. The SMILES string of the molecule is CCCCC(CC)C(=O)Nc1cc(C)cnc1Cl. The first-order valence-corrected chi connectivity index (χ1v) is 6.89. The Morgan fingerprint density at radius 1 is 1.50 bits per heavy atom. The molecular formula is C14H21ClN2O. The quantitative estimate of drug-likeness (QED) is 0.786. The highest BCUT2D eigenvalue weighted by Crippen LogP contribution is 2.22. The van der Waals surface area contributed by atoms with Crippen LogP contribution in [0.5, 0.6) is 0 Å². The first-order valence-electron chi connectivity index (χ1n) is 6.51. The van der Waals surface area contributed by atoms with Gasteiger partial charge < -0.3 is 5.32 Å². The molecule has 0 aromatic carbocycles. The van der Waals surface area contributed by atoms with Crippen molar-refractivity contribution in [3.63, 3.8) is 0 Å². The highest BCUT2D eigenvalue weighted by atomic mass is 35.5. The third kappa shape index (κ3) is 4.30. The molecule has 0 radical (unpaired) electrons. The van der Waals surface area contributed by atoms with E-state index in [1.54, 1.807) is 6.20 Å². The summed E-state index contributed by atoms with van der Waals surface area (Å²) in [5.41, 5.74) is 1.59. The molecule has 0 fully saturated rings. The van der Waals surface area contributed by atoms with Crippen LogP contribution in [-0.4, -0.2) is 10.9 Å². The van der Waals surface area contributed by atoms with Crippen molar-refractivity contribution in [2.45, 2.75) is 46.5 Å². The van der Waals surface area contributed by atoms with Gasteiger partial charge in [-0.2, -0.15) is 0 Å². The minimum absolute atomic E-state index is 0.0419. The van der Waals surface area contributed by atoms with Crippen molar-refractivity contribution in [2.75, 3.05) is 5.32 Å². The number of carbonyl (C=O) groups excluding carboxylic acids is 1. The molecule has 0 aliphatic carbocycles. The van der Waals surface area contributed by atoms with Crippen molar-refractivity contribution in [1.29, 1.82) is 0 Å². The van der Waals surface area contributed by atoms with Gasteiger partial charge in [-0.05, 0) is 31.4 Å². The summed E-state index contributed by atoms with van der Waals surface area (Å²) in [5.74, 6) is 0.0989. The van der Waals surface area contributed by atoms with Crippen LogP contribution in [0.15, 0.2) is 12.3 Å². The Labute approximate surface area is 114 Å². The highest BCUT2D eigenvalue weighted by Gasteiger charge is 2.17. The molecule has 18 heavy (non-hydrogen) atoms. The molecule has 0 saturated carbocycles. The number of pyridine rings is 1. The lowest BCUT2D eigenvalue weighted by Gasteiger charge is -2.15. The third-order valence-electron chi connectivity index (χ3n) is 3.00. The van der Waals surface area contributed by atoms with Crippen LogP contribution in [0.2, 0.25) is 5.15 Å². The lowest BCUT2D eigenvalue weighted by atomic mass is 9.98. The Balaban J connectivity index is 2.70. The monoisotopic (exact) mass is 268 g/mol. The fourth-order valence-electron chi connectivity index (χ4n) is 1.85. The summed E-state index contributed by atoms with van der Waals surface area (Å²) in [6.07, 6.45) is 5.65. The van der Waals surface area contributed by atoms with E-state index in [9.17, 15) is 4.79 Å². The van der Waals surface area contributed by atoms with E-state index in [-0.39, 0.29) is 11.8 Å². The van der Waals surface area contributed by atoms with E-state index in [0.717, 1.165) is 31.2 Å². The smallest absolute Gasteiger partial charge is 0.227 e. The Morgan fingerprint density at radius 2 is 2.22 bits per heavy atom. The number of nitrogens with zero attached hydrogens (tertiary/aromatic N) is 1. The number of aromatic nitrogens is 1. The van der Waals surface area contributed by atoms with Gasteiger partial charge in [0.15, 0.2) is 5.15 Å². The minimum atomic E-state index is 0.0419. The third-order valence-corrected chi connectivity index (χ3v) is 3.30. The first-order chi connectivity index (χ1) is 8.58. The predicted octanol–water partition coefficient (Wildman–Crippen LogP) is 4.20. The number of halogens is 1. The van der Waals surface area contributed by atoms with Crippen LogP contribution in [0, 0.1) is 12.8 Å². The van der Waals surface area contributed by atoms with Crippen molar-refractivity contribution in [1.82, 2.24) is 4.98 Å². The minimum Gasteiger partial charge on any atom is -0.323 e. The second-order valence-corrected chi connectivity index (χ2v) is 4.95. The molecule has 3 nitrogen and oxygen atoms in total. The molecular weight excluding hydrogens is 248 g/mol. The molecule has 0 aliphatic heterocycles. The molecule has 1 rings (SSSR count). The van der Waals surface area contributed by atoms with Gasteiger partial charge in [0, 0.05) is 12.1 Å². The molecule has 0 aliphatic rings. The van der Waals surface area contributed by atoms with Gasteiger partial charge in [0.25, 0.3) is 0 Å². The molecule has 1 aromatic heterocycles. The summed E-state index contributed by atoms with van der Waals surface area (Å²) in [5, 5.41) is 3.22. The molecule has 1 unspecified atom stereocenters. The first kappa shape index (κ1) is 15.0. The van der Waals surface area contributed by atoms with Crippen LogP contribution < -0.4 is 5.32 Å². The van der Waals surface area contributed by atoms with Crippen LogP contribution in [0.4, 0.5) is 5.69 Å². The van der Waals surface area contributed by atoms with E-state index < -0.39 is 0 Å². The van der Waals surface area contributed by atoms with Crippen LogP contribution in [-0.2, 0) is 4.79 Å². The van der Waals surface area contributed by atoms with Gasteiger partial charge in [-0.1, -0.05) is 38.3 Å². The van der Waals surface area contributed by atoms with Crippen molar-refractivity contribution in [3.8, 4) is 0 Å². The summed E-state index contributed by atoms with van der Waals surface area (Å²) in [6, 6.07) is 1.85. The van der Waals surface area contributed by atoms with E-state index in [1.165, 1.54) is 0 Å².